The van der Waals surface area contributed by atoms with E-state index in [1.807, 2.05) is 135 Å². The Morgan fingerprint density at radius 3 is 2.09 bits per heavy atom. The molecule has 0 aliphatic carbocycles. The van der Waals surface area contributed by atoms with Crippen LogP contribution in [0.5, 0.6) is 5.75 Å². The number of hydrogen-bond acceptors (Lipinski definition) is 6. The van der Waals surface area contributed by atoms with Crippen LogP contribution in [-0.4, -0.2) is 68.0 Å². The number of hydrogen-bond donors (Lipinski definition) is 1. The monoisotopic (exact) mass is 716 g/mol. The highest BCUT2D eigenvalue weighted by molar-refractivity contribution is 5.99. The molecule has 7 aromatic rings. The molecular weight excluding hydrogens is 675 g/mol. The summed E-state index contributed by atoms with van der Waals surface area (Å²) in [6.07, 6.45) is 5.80. The number of pyridine rings is 2. The van der Waals surface area contributed by atoms with E-state index in [1.54, 1.807) is 11.1 Å². The number of fused-ring (bicyclic) bond motifs is 2. The van der Waals surface area contributed by atoms with Crippen LogP contribution in [0.4, 0.5) is 11.4 Å². The summed E-state index contributed by atoms with van der Waals surface area (Å²) in [6.45, 7) is 7.26. The molecule has 2 amide bonds. The average molecular weight is 717 g/mol. The maximum absolute atomic E-state index is 15.0. The van der Waals surface area contributed by atoms with Crippen molar-refractivity contribution < 1.29 is 14.3 Å². The zero-order valence-electron chi connectivity index (χ0n) is 30.6. The average Bonchev–Trinajstić information content (AvgIpc) is 3.66. The number of nitrogens with two attached hydrogens (primary N) is 1. The largest absolute Gasteiger partial charge is 0.494 e. The van der Waals surface area contributed by atoms with Gasteiger partial charge in [-0.1, -0.05) is 79.2 Å². The van der Waals surface area contributed by atoms with Gasteiger partial charge in [-0.05, 0) is 44.5 Å². The molecule has 270 valence electrons. The van der Waals surface area contributed by atoms with Gasteiger partial charge in [0.2, 0.25) is 5.91 Å². The quantitative estimate of drug-likeness (QED) is 0.153. The number of carbonyl (C=O) groups is 2. The molecule has 0 spiro atoms. The third kappa shape index (κ3) is 5.94. The lowest BCUT2D eigenvalue weighted by Crippen LogP contribution is -2.74. The number of rotatable bonds is 9. The maximum atomic E-state index is 15.0. The second kappa shape index (κ2) is 13.9. The van der Waals surface area contributed by atoms with Crippen LogP contribution < -0.4 is 15.0 Å². The van der Waals surface area contributed by atoms with Crippen LogP contribution in [-0.2, 0) is 4.79 Å². The van der Waals surface area contributed by atoms with Crippen molar-refractivity contribution in [3.05, 3.63) is 139 Å². The van der Waals surface area contributed by atoms with Crippen LogP contribution in [0, 0.1) is 6.92 Å². The van der Waals surface area contributed by atoms with Crippen LogP contribution in [0.3, 0.4) is 0 Å². The van der Waals surface area contributed by atoms with Gasteiger partial charge in [0.15, 0.2) is 16.9 Å². The van der Waals surface area contributed by atoms with Crippen molar-refractivity contribution >= 4 is 45.0 Å². The Morgan fingerprint density at radius 2 is 1.48 bits per heavy atom. The molecule has 3 aromatic heterocycles. The number of para-hydroxylation sites is 2. The van der Waals surface area contributed by atoms with Crippen molar-refractivity contribution in [2.45, 2.75) is 32.7 Å². The summed E-state index contributed by atoms with van der Waals surface area (Å²) in [5.41, 5.74) is 11.5. The smallest absolute Gasteiger partial charge is 0.275 e. The van der Waals surface area contributed by atoms with Crippen molar-refractivity contribution in [1.82, 2.24) is 28.9 Å². The van der Waals surface area contributed by atoms with E-state index in [1.165, 1.54) is 0 Å². The summed E-state index contributed by atoms with van der Waals surface area (Å²) >= 11 is 0. The predicted molar refractivity (Wildman–Crippen MR) is 213 cm³/mol. The number of nitrogens with zero attached hydrogens (tertiary/aromatic N) is 6. The standard InChI is InChI=1S/C44H41N7O3/c1-4-44(43(45)53)29-51(35-23-32-11-6-8-15-38(32)46-26-35,36-24-33-12-7-9-16-39(33)47-27-36)22-21-50(44)42(52)40-28-49(34-13-10-14-37(25-34)54-5-2)41(48-40)31-19-17-30(3)18-20-31/h6-20,23-28H,4-5,21-22,29H2,1-3H3,(H-,45,53)/p+1/t44-/m0/s1. The molecule has 1 saturated heterocycles. The number of quaternary nitrogens is 1. The first kappa shape index (κ1) is 34.7. The molecule has 0 bridgehead atoms. The highest BCUT2D eigenvalue weighted by Gasteiger charge is 2.57. The summed E-state index contributed by atoms with van der Waals surface area (Å²) in [7, 11) is 0. The van der Waals surface area contributed by atoms with Crippen molar-refractivity contribution in [2.75, 3.05) is 26.2 Å². The SMILES string of the molecule is CCOc1cccc(-n2cc(C(=O)N3CC[N+](c4cnc5ccccc5c4)(c4cnc5ccccc5c4)C[C@@]3(CC)C(N)=O)nc2-c2ccc(C)cc2)c1. The summed E-state index contributed by atoms with van der Waals surface area (Å²) in [4.78, 5) is 45.3. The first-order valence-corrected chi connectivity index (χ1v) is 18.3. The van der Waals surface area contributed by atoms with Gasteiger partial charge >= 0.3 is 0 Å². The van der Waals surface area contributed by atoms with E-state index in [2.05, 4.69) is 12.1 Å². The van der Waals surface area contributed by atoms with Gasteiger partial charge < -0.3 is 15.4 Å². The van der Waals surface area contributed by atoms with Gasteiger partial charge in [-0.3, -0.25) is 28.6 Å². The van der Waals surface area contributed by atoms with E-state index >= 15 is 0 Å². The van der Waals surface area contributed by atoms with E-state index in [9.17, 15) is 9.59 Å². The molecule has 4 heterocycles. The zero-order chi connectivity index (χ0) is 37.5. The van der Waals surface area contributed by atoms with Gasteiger partial charge in [-0.2, -0.15) is 0 Å². The topological polar surface area (TPSA) is 116 Å². The molecule has 0 unspecified atom stereocenters. The van der Waals surface area contributed by atoms with Gasteiger partial charge in [0.05, 0.1) is 42.3 Å². The first-order valence-electron chi connectivity index (χ1n) is 18.3. The molecule has 10 nitrogen and oxygen atoms in total. The third-order valence-corrected chi connectivity index (χ3v) is 10.8. The Kier molecular flexibility index (Phi) is 8.91. The highest BCUT2D eigenvalue weighted by Crippen LogP contribution is 2.43. The summed E-state index contributed by atoms with van der Waals surface area (Å²) in [6, 6.07) is 35.9. The lowest BCUT2D eigenvalue weighted by Gasteiger charge is -2.52. The Balaban J connectivity index is 1.26. The fourth-order valence-electron chi connectivity index (χ4n) is 7.87. The van der Waals surface area contributed by atoms with E-state index in [0.29, 0.717) is 24.7 Å². The molecular formula is C44H42N7O3+. The number of benzene rings is 4. The van der Waals surface area contributed by atoms with Gasteiger partial charge in [0, 0.05) is 40.7 Å². The Morgan fingerprint density at radius 1 is 0.833 bits per heavy atom. The fraction of sp³-hybridized carbons (Fsp3) is 0.205. The minimum Gasteiger partial charge on any atom is -0.494 e. The van der Waals surface area contributed by atoms with Gasteiger partial charge in [0.1, 0.15) is 30.4 Å². The van der Waals surface area contributed by atoms with Gasteiger partial charge in [0.25, 0.3) is 5.91 Å². The molecule has 0 radical (unpaired) electrons. The summed E-state index contributed by atoms with van der Waals surface area (Å²) in [5, 5.41) is 1.95. The van der Waals surface area contributed by atoms with E-state index in [-0.39, 0.29) is 35.6 Å². The zero-order valence-corrected chi connectivity index (χ0v) is 30.6. The molecule has 10 heteroatoms. The normalized spacial score (nSPS) is 16.8. The molecule has 2 N–H and O–H groups in total. The molecule has 1 fully saturated rings. The second-order valence-electron chi connectivity index (χ2n) is 13.9. The number of imidazole rings is 1. The van der Waals surface area contributed by atoms with E-state index < -0.39 is 11.4 Å². The van der Waals surface area contributed by atoms with Crippen LogP contribution in [0.15, 0.2) is 128 Å². The number of carbonyl (C=O) groups excluding carboxylic acids is 2. The fourth-order valence-corrected chi connectivity index (χ4v) is 7.87. The molecule has 8 rings (SSSR count). The number of primary amides is 1. The predicted octanol–water partition coefficient (Wildman–Crippen LogP) is 7.77. The summed E-state index contributed by atoms with van der Waals surface area (Å²) < 4.78 is 7.95. The van der Waals surface area contributed by atoms with Crippen molar-refractivity contribution in [3.8, 4) is 22.8 Å². The number of aryl methyl sites for hydroxylation is 1. The van der Waals surface area contributed by atoms with Crippen LogP contribution in [0.25, 0.3) is 38.9 Å². The minimum absolute atomic E-state index is 0.187. The first-order chi connectivity index (χ1) is 26.2. The minimum atomic E-state index is -1.38. The Labute approximate surface area is 314 Å². The Hall–Kier alpha value is -6.39. The molecule has 1 aliphatic rings. The van der Waals surface area contributed by atoms with Crippen molar-refractivity contribution in [3.63, 3.8) is 0 Å². The van der Waals surface area contributed by atoms with Gasteiger partial charge in [-0.25, -0.2) is 4.98 Å². The maximum Gasteiger partial charge on any atom is 0.275 e. The van der Waals surface area contributed by atoms with Crippen molar-refractivity contribution in [2.24, 2.45) is 5.73 Å². The van der Waals surface area contributed by atoms with Crippen LogP contribution >= 0.6 is 0 Å². The van der Waals surface area contributed by atoms with E-state index in [4.69, 9.17) is 25.4 Å². The van der Waals surface area contributed by atoms with E-state index in [0.717, 1.165) is 50.0 Å². The number of ether oxygens (including phenoxy) is 1. The lowest BCUT2D eigenvalue weighted by molar-refractivity contribution is -0.131. The summed E-state index contributed by atoms with van der Waals surface area (Å²) in [5.74, 6) is 0.363. The third-order valence-electron chi connectivity index (χ3n) is 10.8. The molecule has 1 aliphatic heterocycles. The second-order valence-corrected chi connectivity index (χ2v) is 13.9. The van der Waals surface area contributed by atoms with Gasteiger partial charge in [-0.15, -0.1) is 0 Å². The number of aromatic nitrogens is 4. The lowest BCUT2D eigenvalue weighted by atomic mass is 9.86. The molecule has 1 atom stereocenters. The van der Waals surface area contributed by atoms with Crippen LogP contribution in [0.2, 0.25) is 0 Å². The number of amides is 2. The number of piperazine rings is 1. The Bertz CT molecular complexity index is 2450. The van der Waals surface area contributed by atoms with Crippen LogP contribution in [0.1, 0.15) is 36.3 Å². The molecule has 0 saturated carbocycles. The molecule has 4 aromatic carbocycles. The highest BCUT2D eigenvalue weighted by atomic mass is 16.5. The molecule has 54 heavy (non-hydrogen) atoms. The van der Waals surface area contributed by atoms with Crippen molar-refractivity contribution in [1.29, 1.82) is 0 Å².